The summed E-state index contributed by atoms with van der Waals surface area (Å²) >= 11 is 1.89. The highest BCUT2D eigenvalue weighted by molar-refractivity contribution is 8.15. The van der Waals surface area contributed by atoms with Crippen LogP contribution in [0.1, 0.15) is 30.9 Å². The molecule has 92 valence electrons. The first-order valence-corrected chi connectivity index (χ1v) is 7.13. The minimum atomic E-state index is 0.673. The van der Waals surface area contributed by atoms with Gasteiger partial charge in [0.2, 0.25) is 0 Å². The van der Waals surface area contributed by atoms with Gasteiger partial charge in [-0.05, 0) is 31.4 Å². The fraction of sp³-hybridized carbons (Fsp3) is 0.500. The number of aryl methyl sites for hydroxylation is 2. The van der Waals surface area contributed by atoms with Crippen molar-refractivity contribution in [3.63, 3.8) is 0 Å². The van der Waals surface area contributed by atoms with Gasteiger partial charge in [-0.3, -0.25) is 4.99 Å². The van der Waals surface area contributed by atoms with Crippen LogP contribution in [0.4, 0.5) is 5.69 Å². The first-order chi connectivity index (χ1) is 8.20. The van der Waals surface area contributed by atoms with Gasteiger partial charge in [0.15, 0.2) is 5.17 Å². The number of amidine groups is 1. The number of thioether (sulfide) groups is 1. The van der Waals surface area contributed by atoms with E-state index in [4.69, 9.17) is 0 Å². The van der Waals surface area contributed by atoms with Crippen LogP contribution < -0.4 is 5.32 Å². The van der Waals surface area contributed by atoms with E-state index in [0.717, 1.165) is 11.7 Å². The Morgan fingerprint density at radius 2 is 2.06 bits per heavy atom. The number of nitrogens with one attached hydrogen (secondary N) is 1. The van der Waals surface area contributed by atoms with E-state index in [0.29, 0.717) is 5.25 Å². The minimum Gasteiger partial charge on any atom is -0.335 e. The molecule has 0 fully saturated rings. The molecule has 0 radical (unpaired) electrons. The molecule has 1 atom stereocenters. The van der Waals surface area contributed by atoms with Gasteiger partial charge in [0.1, 0.15) is 0 Å². The summed E-state index contributed by atoms with van der Waals surface area (Å²) in [6, 6.07) is 6.37. The van der Waals surface area contributed by atoms with Crippen LogP contribution in [0.3, 0.4) is 0 Å². The van der Waals surface area contributed by atoms with Crippen molar-refractivity contribution in [3.8, 4) is 0 Å². The number of hydrogen-bond donors (Lipinski definition) is 1. The van der Waals surface area contributed by atoms with Crippen molar-refractivity contribution >= 4 is 22.6 Å². The highest BCUT2D eigenvalue weighted by Crippen LogP contribution is 2.28. The number of rotatable bonds is 3. The lowest BCUT2D eigenvalue weighted by Crippen LogP contribution is -2.09. The summed E-state index contributed by atoms with van der Waals surface area (Å²) in [4.78, 5) is 4.58. The Labute approximate surface area is 108 Å². The van der Waals surface area contributed by atoms with E-state index in [2.05, 4.69) is 49.3 Å². The number of para-hydroxylation sites is 1. The molecule has 1 aliphatic heterocycles. The number of benzene rings is 1. The van der Waals surface area contributed by atoms with E-state index < -0.39 is 0 Å². The average molecular weight is 248 g/mol. The zero-order chi connectivity index (χ0) is 12.3. The molecule has 2 rings (SSSR count). The molecule has 1 unspecified atom stereocenters. The summed E-state index contributed by atoms with van der Waals surface area (Å²) < 4.78 is 0. The van der Waals surface area contributed by atoms with Crippen molar-refractivity contribution < 1.29 is 0 Å². The number of anilines is 1. The topological polar surface area (TPSA) is 24.4 Å². The summed E-state index contributed by atoms with van der Waals surface area (Å²) in [5.41, 5.74) is 3.79. The first-order valence-electron chi connectivity index (χ1n) is 6.25. The van der Waals surface area contributed by atoms with Gasteiger partial charge in [-0.25, -0.2) is 0 Å². The second-order valence-corrected chi connectivity index (χ2v) is 5.86. The Kier molecular flexibility index (Phi) is 4.11. The maximum atomic E-state index is 4.58. The Balaban J connectivity index is 2.03. The van der Waals surface area contributed by atoms with E-state index in [-0.39, 0.29) is 0 Å². The molecule has 2 nitrogen and oxygen atoms in total. The minimum absolute atomic E-state index is 0.673. The van der Waals surface area contributed by atoms with Crippen molar-refractivity contribution in [1.82, 2.24) is 0 Å². The summed E-state index contributed by atoms with van der Waals surface area (Å²) in [6.07, 6.45) is 2.50. The van der Waals surface area contributed by atoms with Crippen LogP contribution in [0.5, 0.6) is 0 Å². The monoisotopic (exact) mass is 248 g/mol. The van der Waals surface area contributed by atoms with Gasteiger partial charge in [-0.2, -0.15) is 0 Å². The maximum Gasteiger partial charge on any atom is 0.161 e. The van der Waals surface area contributed by atoms with E-state index in [1.165, 1.54) is 29.7 Å². The van der Waals surface area contributed by atoms with Gasteiger partial charge < -0.3 is 5.32 Å². The molecule has 0 aliphatic carbocycles. The molecule has 1 aromatic rings. The smallest absolute Gasteiger partial charge is 0.161 e. The lowest BCUT2D eigenvalue weighted by Gasteiger charge is -2.12. The van der Waals surface area contributed by atoms with E-state index in [1.807, 2.05) is 11.8 Å². The summed E-state index contributed by atoms with van der Waals surface area (Å²) in [6.45, 7) is 7.47. The van der Waals surface area contributed by atoms with Crippen molar-refractivity contribution in [2.75, 3.05) is 11.9 Å². The number of hydrogen-bond acceptors (Lipinski definition) is 3. The third-order valence-corrected chi connectivity index (χ3v) is 4.21. The third-order valence-electron chi connectivity index (χ3n) is 3.04. The molecule has 1 heterocycles. The first kappa shape index (κ1) is 12.5. The molecular weight excluding hydrogens is 228 g/mol. The molecule has 0 saturated carbocycles. The van der Waals surface area contributed by atoms with Gasteiger partial charge in [0.05, 0.1) is 6.54 Å². The fourth-order valence-electron chi connectivity index (χ4n) is 2.08. The van der Waals surface area contributed by atoms with E-state index in [1.54, 1.807) is 0 Å². The lowest BCUT2D eigenvalue weighted by atomic mass is 10.1. The van der Waals surface area contributed by atoms with Crippen molar-refractivity contribution in [2.24, 2.45) is 4.99 Å². The van der Waals surface area contributed by atoms with E-state index >= 15 is 0 Å². The Morgan fingerprint density at radius 1 is 1.35 bits per heavy atom. The van der Waals surface area contributed by atoms with Crippen LogP contribution >= 0.6 is 11.8 Å². The molecule has 0 aromatic heterocycles. The van der Waals surface area contributed by atoms with Crippen LogP contribution in [0, 0.1) is 13.8 Å². The van der Waals surface area contributed by atoms with Gasteiger partial charge in [-0.1, -0.05) is 43.3 Å². The van der Waals surface area contributed by atoms with Crippen LogP contribution in [0.15, 0.2) is 23.2 Å². The molecule has 0 bridgehead atoms. The van der Waals surface area contributed by atoms with Crippen molar-refractivity contribution in [2.45, 2.75) is 38.9 Å². The maximum absolute atomic E-state index is 4.58. The highest BCUT2D eigenvalue weighted by atomic mass is 32.2. The van der Waals surface area contributed by atoms with Gasteiger partial charge in [0.25, 0.3) is 0 Å². The standard InChI is InChI=1S/C14H20N2S/c1-4-6-12-9-15-14(17-12)16-13-10(2)7-5-8-11(13)3/h5,7-8,12H,4,6,9H2,1-3H3,(H,15,16). The van der Waals surface area contributed by atoms with Gasteiger partial charge in [-0.15, -0.1) is 0 Å². The number of aliphatic imine (C=N–C) groups is 1. The van der Waals surface area contributed by atoms with Gasteiger partial charge in [0, 0.05) is 10.9 Å². The molecule has 1 aromatic carbocycles. The van der Waals surface area contributed by atoms with Crippen LogP contribution in [0.2, 0.25) is 0 Å². The normalized spacial score (nSPS) is 19.2. The quantitative estimate of drug-likeness (QED) is 0.874. The molecular formula is C14H20N2S. The molecule has 0 saturated heterocycles. The molecule has 0 amide bonds. The average Bonchev–Trinajstić information content (AvgIpc) is 2.72. The summed E-state index contributed by atoms with van der Waals surface area (Å²) in [7, 11) is 0. The predicted octanol–water partition coefficient (Wildman–Crippen LogP) is 3.99. The predicted molar refractivity (Wildman–Crippen MR) is 78.1 cm³/mol. The second-order valence-electron chi connectivity index (χ2n) is 4.57. The number of nitrogens with zero attached hydrogens (tertiary/aromatic N) is 1. The summed E-state index contributed by atoms with van der Waals surface area (Å²) in [5.74, 6) is 0. The van der Waals surface area contributed by atoms with Crippen molar-refractivity contribution in [3.05, 3.63) is 29.3 Å². The SMILES string of the molecule is CCCC1CN=C(Nc2c(C)cccc2C)S1. The molecule has 1 N–H and O–H groups in total. The Bertz CT molecular complexity index is 406. The molecule has 3 heteroatoms. The Morgan fingerprint density at radius 3 is 2.71 bits per heavy atom. The second kappa shape index (κ2) is 5.58. The van der Waals surface area contributed by atoms with Crippen molar-refractivity contribution in [1.29, 1.82) is 0 Å². The third kappa shape index (κ3) is 3.03. The Hall–Kier alpha value is -0.960. The molecule has 0 spiro atoms. The van der Waals surface area contributed by atoms with Crippen LogP contribution in [-0.4, -0.2) is 17.0 Å². The summed E-state index contributed by atoms with van der Waals surface area (Å²) in [5, 5.41) is 5.24. The van der Waals surface area contributed by atoms with E-state index in [9.17, 15) is 0 Å². The molecule has 17 heavy (non-hydrogen) atoms. The zero-order valence-corrected chi connectivity index (χ0v) is 11.6. The highest BCUT2D eigenvalue weighted by Gasteiger charge is 2.19. The lowest BCUT2D eigenvalue weighted by molar-refractivity contribution is 0.754. The van der Waals surface area contributed by atoms with Gasteiger partial charge >= 0.3 is 0 Å². The van der Waals surface area contributed by atoms with Crippen LogP contribution in [-0.2, 0) is 0 Å². The fourth-order valence-corrected chi connectivity index (χ4v) is 3.21. The zero-order valence-electron chi connectivity index (χ0n) is 10.8. The van der Waals surface area contributed by atoms with Crippen LogP contribution in [0.25, 0.3) is 0 Å². The largest absolute Gasteiger partial charge is 0.335 e. The molecule has 1 aliphatic rings.